The van der Waals surface area contributed by atoms with Crippen molar-refractivity contribution in [2.45, 2.75) is 6.10 Å². The smallest absolute Gasteiger partial charge is 0.433 e. The molecule has 106 valence electrons. The van der Waals surface area contributed by atoms with Crippen LogP contribution in [0.2, 0.25) is 0 Å². The number of aliphatic hydroxyl groups is 1. The van der Waals surface area contributed by atoms with Crippen LogP contribution in [-0.2, 0) is 0 Å². The zero-order valence-electron chi connectivity index (χ0n) is 10.9. The zero-order chi connectivity index (χ0) is 14.7. The van der Waals surface area contributed by atoms with Crippen molar-refractivity contribution < 1.29 is 23.9 Å². The Morgan fingerprint density at radius 3 is 2.55 bits per heavy atom. The van der Waals surface area contributed by atoms with Gasteiger partial charge in [0.25, 0.3) is 0 Å². The normalized spacial score (nSPS) is 11.9. The maximum absolute atomic E-state index is 10.6. The first-order chi connectivity index (χ1) is 9.56. The number of ether oxygens (including phenoxy) is 2. The second-order valence-corrected chi connectivity index (χ2v) is 3.94. The molecule has 0 fully saturated rings. The average Bonchev–Trinajstić information content (AvgIpc) is 2.95. The van der Waals surface area contributed by atoms with E-state index in [-0.39, 0.29) is 5.76 Å². The van der Waals surface area contributed by atoms with E-state index in [2.05, 4.69) is 0 Å². The first-order valence-electron chi connectivity index (χ1n) is 5.71. The molecule has 7 nitrogen and oxygen atoms in total. The minimum absolute atomic E-state index is 0.0586. The molecule has 0 aliphatic heterocycles. The maximum atomic E-state index is 10.6. The van der Waals surface area contributed by atoms with Crippen molar-refractivity contribution in [3.63, 3.8) is 0 Å². The standard InChI is InChI=1S/C13H13NO6/c1-18-8-3-4-10(19-2)9(7-8)13(15)11-5-6-12(20-11)14(16)17/h3-7,13,15H,1-2H3. The highest BCUT2D eigenvalue weighted by Crippen LogP contribution is 2.34. The van der Waals surface area contributed by atoms with Gasteiger partial charge in [0.2, 0.25) is 0 Å². The van der Waals surface area contributed by atoms with E-state index in [4.69, 9.17) is 13.9 Å². The molecule has 0 aliphatic carbocycles. The Kier molecular flexibility index (Phi) is 3.90. The minimum atomic E-state index is -1.19. The molecule has 0 bridgehead atoms. The Balaban J connectivity index is 2.40. The third kappa shape index (κ3) is 2.57. The summed E-state index contributed by atoms with van der Waals surface area (Å²) in [6.45, 7) is 0. The maximum Gasteiger partial charge on any atom is 0.433 e. The van der Waals surface area contributed by atoms with Crippen LogP contribution in [0.15, 0.2) is 34.7 Å². The molecule has 2 aromatic rings. The number of hydrogen-bond acceptors (Lipinski definition) is 6. The summed E-state index contributed by atoms with van der Waals surface area (Å²) >= 11 is 0. The molecule has 0 amide bonds. The Hall–Kier alpha value is -2.54. The van der Waals surface area contributed by atoms with Gasteiger partial charge in [0.05, 0.1) is 20.3 Å². The van der Waals surface area contributed by atoms with Crippen molar-refractivity contribution >= 4 is 5.88 Å². The Morgan fingerprint density at radius 2 is 2.00 bits per heavy atom. The molecule has 1 N–H and O–H groups in total. The van der Waals surface area contributed by atoms with Crippen molar-refractivity contribution in [2.75, 3.05) is 14.2 Å². The van der Waals surface area contributed by atoms with E-state index in [1.807, 2.05) is 0 Å². The lowest BCUT2D eigenvalue weighted by molar-refractivity contribution is -0.402. The fourth-order valence-electron chi connectivity index (χ4n) is 1.79. The second kappa shape index (κ2) is 5.62. The van der Waals surface area contributed by atoms with Gasteiger partial charge in [-0.25, -0.2) is 0 Å². The molecule has 2 rings (SSSR count). The van der Waals surface area contributed by atoms with Crippen LogP contribution in [0.25, 0.3) is 0 Å². The van der Waals surface area contributed by atoms with Gasteiger partial charge in [0.1, 0.15) is 28.3 Å². The van der Waals surface area contributed by atoms with Crippen LogP contribution in [-0.4, -0.2) is 24.2 Å². The van der Waals surface area contributed by atoms with E-state index in [0.29, 0.717) is 17.1 Å². The fraction of sp³-hybridized carbons (Fsp3) is 0.231. The monoisotopic (exact) mass is 279 g/mol. The number of nitro groups is 1. The van der Waals surface area contributed by atoms with Crippen LogP contribution in [0.3, 0.4) is 0 Å². The molecule has 1 heterocycles. The molecule has 1 atom stereocenters. The summed E-state index contributed by atoms with van der Waals surface area (Å²) in [6.07, 6.45) is -1.19. The van der Waals surface area contributed by atoms with Crippen LogP contribution >= 0.6 is 0 Å². The Labute approximate surface area is 114 Å². The van der Waals surface area contributed by atoms with Gasteiger partial charge in [-0.05, 0) is 24.3 Å². The third-order valence-electron chi connectivity index (χ3n) is 2.79. The SMILES string of the molecule is COc1ccc(OC)c(C(O)c2ccc([N+](=O)[O-])o2)c1. The summed E-state index contributed by atoms with van der Waals surface area (Å²) in [6, 6.07) is 7.43. The number of nitrogens with zero attached hydrogens (tertiary/aromatic N) is 1. The van der Waals surface area contributed by atoms with E-state index >= 15 is 0 Å². The van der Waals surface area contributed by atoms with Crippen LogP contribution in [0.4, 0.5) is 5.88 Å². The van der Waals surface area contributed by atoms with Crippen molar-refractivity contribution in [2.24, 2.45) is 0 Å². The lowest BCUT2D eigenvalue weighted by Crippen LogP contribution is -2.02. The molecular weight excluding hydrogens is 266 g/mol. The lowest BCUT2D eigenvalue weighted by atomic mass is 10.1. The van der Waals surface area contributed by atoms with Gasteiger partial charge in [-0.15, -0.1) is 0 Å². The van der Waals surface area contributed by atoms with E-state index in [1.165, 1.54) is 26.4 Å². The summed E-state index contributed by atoms with van der Waals surface area (Å²) in [5.74, 6) is 0.586. The molecular formula is C13H13NO6. The Morgan fingerprint density at radius 1 is 1.25 bits per heavy atom. The van der Waals surface area contributed by atoms with E-state index in [0.717, 1.165) is 0 Å². The lowest BCUT2D eigenvalue weighted by Gasteiger charge is -2.14. The summed E-state index contributed by atoms with van der Waals surface area (Å²) in [5.41, 5.74) is 0.399. The van der Waals surface area contributed by atoms with Gasteiger partial charge >= 0.3 is 5.88 Å². The third-order valence-corrected chi connectivity index (χ3v) is 2.79. The van der Waals surface area contributed by atoms with Crippen molar-refractivity contribution in [1.82, 2.24) is 0 Å². The van der Waals surface area contributed by atoms with Gasteiger partial charge in [-0.1, -0.05) is 0 Å². The van der Waals surface area contributed by atoms with Crippen molar-refractivity contribution in [3.8, 4) is 11.5 Å². The fourth-order valence-corrected chi connectivity index (χ4v) is 1.79. The number of benzene rings is 1. The Bertz CT molecular complexity index is 621. The number of furan rings is 1. The topological polar surface area (TPSA) is 95.0 Å². The van der Waals surface area contributed by atoms with E-state index in [9.17, 15) is 15.2 Å². The number of rotatable bonds is 5. The summed E-state index contributed by atoms with van der Waals surface area (Å²) in [7, 11) is 2.96. The first kappa shape index (κ1) is 13.9. The summed E-state index contributed by atoms with van der Waals surface area (Å²) in [5, 5.41) is 20.8. The van der Waals surface area contributed by atoms with Gasteiger partial charge < -0.3 is 19.0 Å². The van der Waals surface area contributed by atoms with Gasteiger partial charge in [-0.2, -0.15) is 0 Å². The summed E-state index contributed by atoms with van der Waals surface area (Å²) < 4.78 is 15.2. The summed E-state index contributed by atoms with van der Waals surface area (Å²) in [4.78, 5) is 9.91. The van der Waals surface area contributed by atoms with E-state index in [1.54, 1.807) is 18.2 Å². The van der Waals surface area contributed by atoms with Gasteiger partial charge in [0, 0.05) is 5.56 Å². The highest BCUT2D eigenvalue weighted by Gasteiger charge is 2.22. The van der Waals surface area contributed by atoms with Crippen molar-refractivity contribution in [3.05, 3.63) is 51.8 Å². The minimum Gasteiger partial charge on any atom is -0.497 e. The molecule has 20 heavy (non-hydrogen) atoms. The molecule has 0 saturated heterocycles. The second-order valence-electron chi connectivity index (χ2n) is 3.94. The predicted molar refractivity (Wildman–Crippen MR) is 69.0 cm³/mol. The van der Waals surface area contributed by atoms with Crippen LogP contribution in [0, 0.1) is 10.1 Å². The van der Waals surface area contributed by atoms with Crippen LogP contribution in [0.5, 0.6) is 11.5 Å². The molecule has 0 saturated carbocycles. The number of hydrogen-bond donors (Lipinski definition) is 1. The molecule has 1 unspecified atom stereocenters. The molecule has 1 aromatic heterocycles. The molecule has 0 radical (unpaired) electrons. The molecule has 0 aliphatic rings. The highest BCUT2D eigenvalue weighted by atomic mass is 16.6. The first-order valence-corrected chi connectivity index (χ1v) is 5.71. The largest absolute Gasteiger partial charge is 0.497 e. The predicted octanol–water partition coefficient (Wildman–Crippen LogP) is 2.29. The quantitative estimate of drug-likeness (QED) is 0.666. The average molecular weight is 279 g/mol. The van der Waals surface area contributed by atoms with Crippen molar-refractivity contribution in [1.29, 1.82) is 0 Å². The molecule has 0 spiro atoms. The van der Waals surface area contributed by atoms with Crippen LogP contribution in [0.1, 0.15) is 17.4 Å². The van der Waals surface area contributed by atoms with Gasteiger partial charge in [0.15, 0.2) is 0 Å². The zero-order valence-corrected chi connectivity index (χ0v) is 10.9. The molecule has 1 aromatic carbocycles. The molecule has 7 heteroatoms. The number of methoxy groups -OCH3 is 2. The highest BCUT2D eigenvalue weighted by molar-refractivity contribution is 5.44. The number of aliphatic hydroxyl groups excluding tert-OH is 1. The van der Waals surface area contributed by atoms with Crippen LogP contribution < -0.4 is 9.47 Å². The van der Waals surface area contributed by atoms with E-state index < -0.39 is 16.9 Å². The van der Waals surface area contributed by atoms with Gasteiger partial charge in [-0.3, -0.25) is 10.1 Å².